The van der Waals surface area contributed by atoms with Crippen molar-refractivity contribution in [2.24, 2.45) is 5.41 Å². The summed E-state index contributed by atoms with van der Waals surface area (Å²) < 4.78 is 0. The third-order valence-electron chi connectivity index (χ3n) is 3.31. The number of carbonyl (C=O) groups is 2. The van der Waals surface area contributed by atoms with Crippen LogP contribution in [0.2, 0.25) is 5.02 Å². The maximum atomic E-state index is 12.0. The van der Waals surface area contributed by atoms with Gasteiger partial charge in [0.2, 0.25) is 11.8 Å². The Morgan fingerprint density at radius 3 is 2.50 bits per heavy atom. The summed E-state index contributed by atoms with van der Waals surface area (Å²) in [7, 11) is 0. The molecular weight excluding hydrogens is 300 g/mol. The summed E-state index contributed by atoms with van der Waals surface area (Å²) in [4.78, 5) is 23.7. The van der Waals surface area contributed by atoms with Crippen LogP contribution in [0.4, 0.5) is 0 Å². The second kappa shape index (κ2) is 8.18. The van der Waals surface area contributed by atoms with Gasteiger partial charge in [0.05, 0.1) is 6.04 Å². The smallest absolute Gasteiger partial charge is 0.225 e. The third-order valence-corrected chi connectivity index (χ3v) is 3.55. The molecule has 0 aliphatic rings. The zero-order chi connectivity index (χ0) is 16.8. The SMILES string of the molecule is CCC(NC(=O)CCNC(=O)C(C)(C)C)c1cccc(Cl)c1. The molecule has 0 aliphatic carbocycles. The molecule has 0 saturated heterocycles. The Bertz CT molecular complexity index is 524. The van der Waals surface area contributed by atoms with E-state index in [1.165, 1.54) is 0 Å². The van der Waals surface area contributed by atoms with Gasteiger partial charge >= 0.3 is 0 Å². The highest BCUT2D eigenvalue weighted by atomic mass is 35.5. The predicted molar refractivity (Wildman–Crippen MR) is 89.7 cm³/mol. The molecule has 0 bridgehead atoms. The van der Waals surface area contributed by atoms with Crippen LogP contribution in [0.3, 0.4) is 0 Å². The fourth-order valence-corrected chi connectivity index (χ4v) is 2.16. The predicted octanol–water partition coefficient (Wildman–Crippen LogP) is 3.46. The van der Waals surface area contributed by atoms with Crippen LogP contribution in [0, 0.1) is 5.41 Å². The van der Waals surface area contributed by atoms with Crippen molar-refractivity contribution in [1.82, 2.24) is 10.6 Å². The molecule has 1 atom stereocenters. The Morgan fingerprint density at radius 2 is 1.95 bits per heavy atom. The Kier molecular flexibility index (Phi) is 6.88. The number of halogens is 1. The van der Waals surface area contributed by atoms with Crippen LogP contribution in [-0.4, -0.2) is 18.4 Å². The maximum absolute atomic E-state index is 12.0. The first-order valence-corrected chi connectivity index (χ1v) is 7.95. The van der Waals surface area contributed by atoms with E-state index in [1.54, 1.807) is 0 Å². The van der Waals surface area contributed by atoms with Crippen molar-refractivity contribution in [2.45, 2.75) is 46.6 Å². The number of hydrogen-bond donors (Lipinski definition) is 2. The largest absolute Gasteiger partial charge is 0.355 e. The lowest BCUT2D eigenvalue weighted by atomic mass is 9.96. The van der Waals surface area contributed by atoms with E-state index in [2.05, 4.69) is 10.6 Å². The zero-order valence-electron chi connectivity index (χ0n) is 13.7. The molecular formula is C17H25ClN2O2. The van der Waals surface area contributed by atoms with Gasteiger partial charge in [0.1, 0.15) is 0 Å². The van der Waals surface area contributed by atoms with Crippen LogP contribution in [0.5, 0.6) is 0 Å². The fourth-order valence-electron chi connectivity index (χ4n) is 1.97. The number of benzene rings is 1. The van der Waals surface area contributed by atoms with Gasteiger partial charge in [-0.05, 0) is 24.1 Å². The molecule has 0 saturated carbocycles. The van der Waals surface area contributed by atoms with Crippen molar-refractivity contribution in [2.75, 3.05) is 6.54 Å². The van der Waals surface area contributed by atoms with Crippen molar-refractivity contribution < 1.29 is 9.59 Å². The van der Waals surface area contributed by atoms with Crippen LogP contribution in [-0.2, 0) is 9.59 Å². The highest BCUT2D eigenvalue weighted by Gasteiger charge is 2.21. The molecule has 2 amide bonds. The first-order chi connectivity index (χ1) is 10.2. The van der Waals surface area contributed by atoms with Gasteiger partial charge in [0, 0.05) is 23.4 Å². The average molecular weight is 325 g/mol. The first-order valence-electron chi connectivity index (χ1n) is 7.57. The van der Waals surface area contributed by atoms with Gasteiger partial charge in [-0.25, -0.2) is 0 Å². The summed E-state index contributed by atoms with van der Waals surface area (Å²) in [5, 5.41) is 6.40. The van der Waals surface area contributed by atoms with Crippen molar-refractivity contribution in [3.63, 3.8) is 0 Å². The van der Waals surface area contributed by atoms with E-state index in [9.17, 15) is 9.59 Å². The Morgan fingerprint density at radius 1 is 1.27 bits per heavy atom. The topological polar surface area (TPSA) is 58.2 Å². The summed E-state index contributed by atoms with van der Waals surface area (Å²) in [6, 6.07) is 7.42. The van der Waals surface area contributed by atoms with E-state index in [4.69, 9.17) is 11.6 Å². The lowest BCUT2D eigenvalue weighted by Crippen LogP contribution is -2.37. The van der Waals surface area contributed by atoms with Crippen molar-refractivity contribution in [3.8, 4) is 0 Å². The summed E-state index contributed by atoms with van der Waals surface area (Å²) in [5.41, 5.74) is 0.547. The number of rotatable bonds is 6. The number of carbonyl (C=O) groups excluding carboxylic acids is 2. The quantitative estimate of drug-likeness (QED) is 0.842. The Balaban J connectivity index is 2.48. The highest BCUT2D eigenvalue weighted by molar-refractivity contribution is 6.30. The monoisotopic (exact) mass is 324 g/mol. The Hall–Kier alpha value is -1.55. The number of nitrogens with one attached hydrogen (secondary N) is 2. The molecule has 0 fully saturated rings. The molecule has 1 rings (SSSR count). The minimum Gasteiger partial charge on any atom is -0.355 e. The lowest BCUT2D eigenvalue weighted by molar-refractivity contribution is -0.128. The van der Waals surface area contributed by atoms with Crippen LogP contribution in [0.1, 0.15) is 52.1 Å². The summed E-state index contributed by atoms with van der Waals surface area (Å²) in [6.07, 6.45) is 1.04. The molecule has 0 aliphatic heterocycles. The molecule has 0 aromatic heterocycles. The maximum Gasteiger partial charge on any atom is 0.225 e. The van der Waals surface area contributed by atoms with E-state index >= 15 is 0 Å². The molecule has 0 heterocycles. The highest BCUT2D eigenvalue weighted by Crippen LogP contribution is 2.20. The second-order valence-electron chi connectivity index (χ2n) is 6.34. The molecule has 5 heteroatoms. The number of hydrogen-bond acceptors (Lipinski definition) is 2. The van der Waals surface area contributed by atoms with Gasteiger partial charge in [0.25, 0.3) is 0 Å². The van der Waals surface area contributed by atoms with E-state index in [1.807, 2.05) is 52.0 Å². The van der Waals surface area contributed by atoms with Gasteiger partial charge in [-0.1, -0.05) is 51.4 Å². The van der Waals surface area contributed by atoms with Gasteiger partial charge in [-0.15, -0.1) is 0 Å². The molecule has 1 aromatic carbocycles. The van der Waals surface area contributed by atoms with Crippen molar-refractivity contribution >= 4 is 23.4 Å². The molecule has 1 unspecified atom stereocenters. The van der Waals surface area contributed by atoms with E-state index < -0.39 is 5.41 Å². The number of amides is 2. The van der Waals surface area contributed by atoms with E-state index in [-0.39, 0.29) is 24.3 Å². The Labute approximate surface area is 137 Å². The summed E-state index contributed by atoms with van der Waals surface area (Å²) in [6.45, 7) is 7.87. The van der Waals surface area contributed by atoms with Crippen LogP contribution in [0.25, 0.3) is 0 Å². The molecule has 0 radical (unpaired) electrons. The third kappa shape index (κ3) is 6.06. The zero-order valence-corrected chi connectivity index (χ0v) is 14.5. The second-order valence-corrected chi connectivity index (χ2v) is 6.78. The minimum absolute atomic E-state index is 0.0535. The van der Waals surface area contributed by atoms with E-state index in [0.29, 0.717) is 11.6 Å². The molecule has 122 valence electrons. The first kappa shape index (κ1) is 18.5. The van der Waals surface area contributed by atoms with E-state index in [0.717, 1.165) is 12.0 Å². The van der Waals surface area contributed by atoms with Gasteiger partial charge in [-0.2, -0.15) is 0 Å². The minimum atomic E-state index is -0.441. The van der Waals surface area contributed by atoms with Crippen molar-refractivity contribution in [3.05, 3.63) is 34.9 Å². The summed E-state index contributed by atoms with van der Waals surface area (Å²) >= 11 is 5.98. The lowest BCUT2D eigenvalue weighted by Gasteiger charge is -2.19. The van der Waals surface area contributed by atoms with Gasteiger partial charge in [-0.3, -0.25) is 9.59 Å². The molecule has 4 nitrogen and oxygen atoms in total. The van der Waals surface area contributed by atoms with Crippen LogP contribution < -0.4 is 10.6 Å². The molecule has 2 N–H and O–H groups in total. The standard InChI is InChI=1S/C17H25ClN2O2/c1-5-14(12-7-6-8-13(18)11-12)20-15(21)9-10-19-16(22)17(2,3)4/h6-8,11,14H,5,9-10H2,1-4H3,(H,19,22)(H,20,21). The van der Waals surface area contributed by atoms with Crippen LogP contribution >= 0.6 is 11.6 Å². The molecule has 22 heavy (non-hydrogen) atoms. The fraction of sp³-hybridized carbons (Fsp3) is 0.529. The van der Waals surface area contributed by atoms with Gasteiger partial charge in [0.15, 0.2) is 0 Å². The van der Waals surface area contributed by atoms with Crippen molar-refractivity contribution in [1.29, 1.82) is 0 Å². The summed E-state index contributed by atoms with van der Waals surface area (Å²) in [5.74, 6) is -0.136. The average Bonchev–Trinajstić information content (AvgIpc) is 2.43. The normalized spacial score (nSPS) is 12.6. The molecule has 0 spiro atoms. The van der Waals surface area contributed by atoms with Crippen LogP contribution in [0.15, 0.2) is 24.3 Å². The van der Waals surface area contributed by atoms with Gasteiger partial charge < -0.3 is 10.6 Å². The molecule has 1 aromatic rings.